The van der Waals surface area contributed by atoms with Gasteiger partial charge in [0.05, 0.1) is 24.7 Å². The number of anilines is 1. The van der Waals surface area contributed by atoms with Crippen LogP contribution in [0, 0.1) is 18.3 Å². The number of piperazine rings is 1. The first-order valence-electron chi connectivity index (χ1n) is 11.6. The van der Waals surface area contributed by atoms with E-state index in [0.29, 0.717) is 48.9 Å². The molecular formula is C26H29N5O3. The zero-order chi connectivity index (χ0) is 24.1. The maximum atomic E-state index is 13.2. The normalized spacial score (nSPS) is 17.1. The van der Waals surface area contributed by atoms with Gasteiger partial charge in [0.2, 0.25) is 11.8 Å². The summed E-state index contributed by atoms with van der Waals surface area (Å²) in [5, 5.41) is 14.6. The van der Waals surface area contributed by atoms with Crippen LogP contribution in [0.15, 0.2) is 42.5 Å². The molecule has 8 heteroatoms. The lowest BCUT2D eigenvalue weighted by Gasteiger charge is -2.32. The number of carbonyl (C=O) groups excluding carboxylic acids is 3. The van der Waals surface area contributed by atoms with Gasteiger partial charge in [-0.1, -0.05) is 18.2 Å². The van der Waals surface area contributed by atoms with Crippen LogP contribution in [0.25, 0.3) is 0 Å². The van der Waals surface area contributed by atoms with Crippen molar-refractivity contribution < 1.29 is 14.4 Å². The third-order valence-corrected chi connectivity index (χ3v) is 6.54. The molecule has 2 saturated heterocycles. The highest BCUT2D eigenvalue weighted by Crippen LogP contribution is 2.29. The second kappa shape index (κ2) is 10.5. The molecule has 8 nitrogen and oxygen atoms in total. The number of hydrogen-bond donors (Lipinski definition) is 2. The second-order valence-electron chi connectivity index (χ2n) is 8.94. The monoisotopic (exact) mass is 459 g/mol. The van der Waals surface area contributed by atoms with Crippen LogP contribution in [0.1, 0.15) is 45.8 Å². The molecule has 2 heterocycles. The molecule has 2 N–H and O–H groups in total. The third kappa shape index (κ3) is 5.61. The van der Waals surface area contributed by atoms with E-state index in [-0.39, 0.29) is 30.8 Å². The highest BCUT2D eigenvalue weighted by molar-refractivity contribution is 5.98. The first-order chi connectivity index (χ1) is 16.4. The highest BCUT2D eigenvalue weighted by atomic mass is 16.2. The van der Waals surface area contributed by atoms with Crippen LogP contribution in [-0.2, 0) is 9.59 Å². The molecule has 4 rings (SSSR count). The number of benzene rings is 2. The quantitative estimate of drug-likeness (QED) is 0.714. The Morgan fingerprint density at radius 1 is 1.12 bits per heavy atom. The van der Waals surface area contributed by atoms with Gasteiger partial charge in [0.1, 0.15) is 0 Å². The lowest BCUT2D eigenvalue weighted by Crippen LogP contribution is -2.49. The highest BCUT2D eigenvalue weighted by Gasteiger charge is 2.25. The van der Waals surface area contributed by atoms with Crippen LogP contribution in [0.3, 0.4) is 0 Å². The number of piperidine rings is 1. The molecule has 0 atom stereocenters. The molecule has 0 spiro atoms. The van der Waals surface area contributed by atoms with Gasteiger partial charge in [-0.15, -0.1) is 0 Å². The van der Waals surface area contributed by atoms with E-state index >= 15 is 0 Å². The molecule has 2 aromatic rings. The van der Waals surface area contributed by atoms with Crippen LogP contribution >= 0.6 is 0 Å². The minimum Gasteiger partial charge on any atom is -0.354 e. The van der Waals surface area contributed by atoms with Crippen molar-refractivity contribution in [3.63, 3.8) is 0 Å². The number of nitrogens with one attached hydrogen (secondary N) is 2. The largest absolute Gasteiger partial charge is 0.354 e. The predicted octanol–water partition coefficient (Wildman–Crippen LogP) is 2.26. The van der Waals surface area contributed by atoms with Crippen molar-refractivity contribution in [1.82, 2.24) is 15.1 Å². The number of rotatable bonds is 5. The van der Waals surface area contributed by atoms with Crippen molar-refractivity contribution in [3.8, 4) is 6.07 Å². The molecule has 2 fully saturated rings. The van der Waals surface area contributed by atoms with Gasteiger partial charge in [-0.05, 0) is 61.1 Å². The fraction of sp³-hybridized carbons (Fsp3) is 0.385. The molecular weight excluding hydrogens is 430 g/mol. The Morgan fingerprint density at radius 3 is 2.53 bits per heavy atom. The maximum Gasteiger partial charge on any atom is 0.253 e. The zero-order valence-electron chi connectivity index (χ0n) is 19.3. The third-order valence-electron chi connectivity index (χ3n) is 6.54. The van der Waals surface area contributed by atoms with Crippen molar-refractivity contribution in [1.29, 1.82) is 5.26 Å². The molecule has 0 aliphatic carbocycles. The molecule has 3 amide bonds. The number of aryl methyl sites for hydroxylation is 1. The fourth-order valence-electron chi connectivity index (χ4n) is 4.54. The predicted molar refractivity (Wildman–Crippen MR) is 128 cm³/mol. The summed E-state index contributed by atoms with van der Waals surface area (Å²) in [5.74, 6) is 0.0550. The Kier molecular flexibility index (Phi) is 7.24. The zero-order valence-corrected chi connectivity index (χ0v) is 19.3. The molecule has 2 aromatic carbocycles. The SMILES string of the molecule is Cc1ccc(C(=O)N2CCC(c3ccc(C#N)cc3)CC2)cc1NC(=O)CN1CCNC(=O)C1. The fourth-order valence-corrected chi connectivity index (χ4v) is 4.54. The summed E-state index contributed by atoms with van der Waals surface area (Å²) >= 11 is 0. The Morgan fingerprint density at radius 2 is 1.85 bits per heavy atom. The van der Waals surface area contributed by atoms with Gasteiger partial charge in [-0.2, -0.15) is 5.26 Å². The first-order valence-corrected chi connectivity index (χ1v) is 11.6. The minimum atomic E-state index is -0.203. The van der Waals surface area contributed by atoms with E-state index < -0.39 is 0 Å². The molecule has 2 aliphatic rings. The van der Waals surface area contributed by atoms with Crippen molar-refractivity contribution in [2.45, 2.75) is 25.7 Å². The van der Waals surface area contributed by atoms with E-state index in [1.165, 1.54) is 5.56 Å². The molecule has 34 heavy (non-hydrogen) atoms. The molecule has 0 radical (unpaired) electrons. The maximum absolute atomic E-state index is 13.2. The van der Waals surface area contributed by atoms with Gasteiger partial charge in [0.25, 0.3) is 5.91 Å². The van der Waals surface area contributed by atoms with Gasteiger partial charge in [0, 0.05) is 37.4 Å². The number of carbonyl (C=O) groups is 3. The van der Waals surface area contributed by atoms with Gasteiger partial charge in [-0.25, -0.2) is 0 Å². The lowest BCUT2D eigenvalue weighted by atomic mass is 9.89. The van der Waals surface area contributed by atoms with Gasteiger partial charge < -0.3 is 15.5 Å². The summed E-state index contributed by atoms with van der Waals surface area (Å²) < 4.78 is 0. The Labute approximate surface area is 199 Å². The summed E-state index contributed by atoms with van der Waals surface area (Å²) in [6, 6.07) is 15.2. The molecule has 0 bridgehead atoms. The van der Waals surface area contributed by atoms with Crippen LogP contribution in [0.5, 0.6) is 0 Å². The number of hydrogen-bond acceptors (Lipinski definition) is 5. The van der Waals surface area contributed by atoms with E-state index in [2.05, 4.69) is 16.7 Å². The standard InChI is InChI=1S/C26H29N5O3/c1-18-2-5-22(14-23(18)29-25(33)17-30-13-10-28-24(32)16-30)26(34)31-11-8-21(9-12-31)20-6-3-19(15-27)4-7-20/h2-7,14,21H,8-13,16-17H2,1H3,(H,28,32)(H,29,33). The minimum absolute atomic E-state index is 0.0403. The van der Waals surface area contributed by atoms with E-state index in [9.17, 15) is 14.4 Å². The number of likely N-dealkylation sites (tertiary alicyclic amines) is 1. The average molecular weight is 460 g/mol. The van der Waals surface area contributed by atoms with E-state index in [0.717, 1.165) is 18.4 Å². The summed E-state index contributed by atoms with van der Waals surface area (Å²) in [4.78, 5) is 40.9. The van der Waals surface area contributed by atoms with Crippen molar-refractivity contribution in [2.24, 2.45) is 0 Å². The molecule has 176 valence electrons. The Balaban J connectivity index is 1.35. The summed E-state index contributed by atoms with van der Waals surface area (Å²) in [6.45, 7) is 4.73. The van der Waals surface area contributed by atoms with E-state index in [1.807, 2.05) is 42.2 Å². The average Bonchev–Trinajstić information content (AvgIpc) is 2.85. The van der Waals surface area contributed by atoms with E-state index in [4.69, 9.17) is 5.26 Å². The number of nitrogens with zero attached hydrogens (tertiary/aromatic N) is 3. The van der Waals surface area contributed by atoms with Gasteiger partial charge >= 0.3 is 0 Å². The van der Waals surface area contributed by atoms with Crippen LogP contribution in [-0.4, -0.2) is 66.8 Å². The molecule has 0 saturated carbocycles. The summed E-state index contributed by atoms with van der Waals surface area (Å²) in [5.41, 5.74) is 3.90. The van der Waals surface area contributed by atoms with Crippen LogP contribution < -0.4 is 10.6 Å². The summed E-state index contributed by atoms with van der Waals surface area (Å²) in [6.07, 6.45) is 1.74. The van der Waals surface area contributed by atoms with E-state index in [1.54, 1.807) is 17.0 Å². The molecule has 0 unspecified atom stereocenters. The van der Waals surface area contributed by atoms with Gasteiger partial charge in [-0.3, -0.25) is 19.3 Å². The summed E-state index contributed by atoms with van der Waals surface area (Å²) in [7, 11) is 0. The van der Waals surface area contributed by atoms with Gasteiger partial charge in [0.15, 0.2) is 0 Å². The van der Waals surface area contributed by atoms with Crippen molar-refractivity contribution >= 4 is 23.4 Å². The first kappa shape index (κ1) is 23.5. The topological polar surface area (TPSA) is 106 Å². The smallest absolute Gasteiger partial charge is 0.253 e. The Hall–Kier alpha value is -3.70. The number of nitriles is 1. The van der Waals surface area contributed by atoms with Crippen molar-refractivity contribution in [2.75, 3.05) is 44.6 Å². The number of amides is 3. The van der Waals surface area contributed by atoms with Crippen LogP contribution in [0.4, 0.5) is 5.69 Å². The second-order valence-corrected chi connectivity index (χ2v) is 8.94. The van der Waals surface area contributed by atoms with Crippen molar-refractivity contribution in [3.05, 3.63) is 64.7 Å². The molecule has 0 aromatic heterocycles. The molecule has 2 aliphatic heterocycles. The lowest BCUT2D eigenvalue weighted by molar-refractivity contribution is -0.125. The Bertz CT molecular complexity index is 1110. The van der Waals surface area contributed by atoms with Crippen LogP contribution in [0.2, 0.25) is 0 Å².